The molecule has 4 heterocycles. The number of amides is 2. The highest BCUT2D eigenvalue weighted by Gasteiger charge is 2.52. The van der Waals surface area contributed by atoms with Crippen LogP contribution in [0.4, 0.5) is 31.1 Å². The van der Waals surface area contributed by atoms with Gasteiger partial charge in [0, 0.05) is 23.3 Å². The van der Waals surface area contributed by atoms with Gasteiger partial charge in [0.15, 0.2) is 17.5 Å². The van der Waals surface area contributed by atoms with E-state index in [1.807, 2.05) is 0 Å². The zero-order valence-corrected chi connectivity index (χ0v) is 25.0. The van der Waals surface area contributed by atoms with E-state index in [9.17, 15) is 45.8 Å². The summed E-state index contributed by atoms with van der Waals surface area (Å²) in [7, 11) is 0. The quantitative estimate of drug-likeness (QED) is 0.261. The number of aromatic nitrogens is 7. The molecule has 0 aliphatic carbocycles. The van der Waals surface area contributed by atoms with Gasteiger partial charge in [0.1, 0.15) is 25.0 Å². The molecule has 0 saturated carbocycles. The van der Waals surface area contributed by atoms with Crippen molar-refractivity contribution in [2.24, 2.45) is 5.92 Å². The lowest BCUT2D eigenvalue weighted by atomic mass is 10.0. The Morgan fingerprint density at radius 3 is 2.36 bits per heavy atom. The number of rotatable bonds is 8. The number of hydrogen-bond acceptors (Lipinski definition) is 7. The minimum atomic E-state index is -5.24. The molecule has 3 unspecified atom stereocenters. The standard InChI is InChI=1S/C26H21Cl2F6N9O4/c27-15-5-3-13(4-6-15)20-39-42(11-19-36-12-43(38-19)21-16(28)2-1-7-35-21)23(45)41(20)10-18(26(32,33)34)37-22(44)17-8-14(25(29,30)31)9-40(17)24(46)47/h1-7,12,14,17-18H,8-11H2,(H,37,44)(H,46,47). The van der Waals surface area contributed by atoms with Crippen molar-refractivity contribution in [3.8, 4) is 17.2 Å². The van der Waals surface area contributed by atoms with E-state index in [0.29, 0.717) is 4.57 Å². The van der Waals surface area contributed by atoms with Crippen molar-refractivity contribution in [2.45, 2.75) is 43.9 Å². The van der Waals surface area contributed by atoms with Gasteiger partial charge in [0.05, 0.1) is 17.5 Å². The highest BCUT2D eigenvalue weighted by Crippen LogP contribution is 2.37. The van der Waals surface area contributed by atoms with Crippen LogP contribution in [0.5, 0.6) is 0 Å². The maximum absolute atomic E-state index is 14.3. The molecule has 0 spiro atoms. The van der Waals surface area contributed by atoms with Gasteiger partial charge in [-0.25, -0.2) is 28.9 Å². The minimum absolute atomic E-state index is 0.00369. The fourth-order valence-corrected chi connectivity index (χ4v) is 5.22. The van der Waals surface area contributed by atoms with Crippen LogP contribution in [0.15, 0.2) is 53.7 Å². The second kappa shape index (κ2) is 12.9. The Morgan fingerprint density at radius 2 is 1.74 bits per heavy atom. The van der Waals surface area contributed by atoms with Crippen LogP contribution >= 0.6 is 23.2 Å². The molecule has 1 aromatic carbocycles. The molecule has 3 atom stereocenters. The monoisotopic (exact) mass is 707 g/mol. The van der Waals surface area contributed by atoms with Crippen molar-refractivity contribution in [2.75, 3.05) is 6.54 Å². The number of carbonyl (C=O) groups is 2. The lowest BCUT2D eigenvalue weighted by molar-refractivity contribution is -0.171. The SMILES string of the molecule is O=C(NC(Cn1c(-c2ccc(Cl)cc2)nn(Cc2ncn(-c3ncccc3Cl)n2)c1=O)C(F)(F)F)C1CC(C(F)(F)F)CN1C(=O)O. The van der Waals surface area contributed by atoms with Crippen molar-refractivity contribution in [3.63, 3.8) is 0 Å². The van der Waals surface area contributed by atoms with Gasteiger partial charge in [0.25, 0.3) is 0 Å². The van der Waals surface area contributed by atoms with Crippen molar-refractivity contribution < 1.29 is 41.0 Å². The second-order valence-corrected chi connectivity index (χ2v) is 11.2. The molecule has 4 aromatic rings. The lowest BCUT2D eigenvalue weighted by Gasteiger charge is -2.26. The van der Waals surface area contributed by atoms with Crippen molar-refractivity contribution in [3.05, 3.63) is 75.3 Å². The Hall–Kier alpha value is -4.65. The molecule has 2 amide bonds. The number of pyridine rings is 1. The summed E-state index contributed by atoms with van der Waals surface area (Å²) in [6, 6.07) is 3.77. The molecule has 5 rings (SSSR count). The molecule has 3 aromatic heterocycles. The van der Waals surface area contributed by atoms with E-state index in [4.69, 9.17) is 23.2 Å². The van der Waals surface area contributed by atoms with Gasteiger partial charge in [0.2, 0.25) is 5.91 Å². The van der Waals surface area contributed by atoms with Crippen LogP contribution in [0.1, 0.15) is 12.2 Å². The number of halogens is 8. The van der Waals surface area contributed by atoms with Crippen LogP contribution < -0.4 is 11.0 Å². The van der Waals surface area contributed by atoms with Crippen molar-refractivity contribution >= 4 is 35.2 Å². The smallest absolute Gasteiger partial charge is 0.410 e. The molecule has 47 heavy (non-hydrogen) atoms. The first-order valence-electron chi connectivity index (χ1n) is 13.4. The number of benzene rings is 1. The topological polar surface area (TPSA) is 153 Å². The summed E-state index contributed by atoms with van der Waals surface area (Å²) < 4.78 is 85.5. The van der Waals surface area contributed by atoms with Gasteiger partial charge in [-0.2, -0.15) is 26.3 Å². The van der Waals surface area contributed by atoms with Gasteiger partial charge in [-0.15, -0.1) is 10.2 Å². The van der Waals surface area contributed by atoms with Gasteiger partial charge in [-0.05, 0) is 42.8 Å². The fourth-order valence-electron chi connectivity index (χ4n) is 4.89. The predicted molar refractivity (Wildman–Crippen MR) is 151 cm³/mol. The van der Waals surface area contributed by atoms with E-state index in [0.717, 1.165) is 4.68 Å². The van der Waals surface area contributed by atoms with Crippen LogP contribution in [0.25, 0.3) is 17.2 Å². The van der Waals surface area contributed by atoms with Crippen LogP contribution in [0.2, 0.25) is 10.0 Å². The number of nitrogens with one attached hydrogen (secondary N) is 1. The van der Waals surface area contributed by atoms with Gasteiger partial charge >= 0.3 is 24.1 Å². The van der Waals surface area contributed by atoms with E-state index >= 15 is 0 Å². The Balaban J connectivity index is 1.47. The number of carbonyl (C=O) groups excluding carboxylic acids is 1. The van der Waals surface area contributed by atoms with Crippen molar-refractivity contribution in [1.82, 2.24) is 44.3 Å². The molecule has 1 aliphatic heterocycles. The molecule has 1 saturated heterocycles. The molecule has 0 radical (unpaired) electrons. The molecule has 21 heteroatoms. The average molecular weight is 708 g/mol. The summed E-state index contributed by atoms with van der Waals surface area (Å²) in [4.78, 5) is 46.3. The molecule has 1 aliphatic rings. The molecule has 0 bridgehead atoms. The van der Waals surface area contributed by atoms with E-state index in [1.54, 1.807) is 17.4 Å². The van der Waals surface area contributed by atoms with Gasteiger partial charge < -0.3 is 10.4 Å². The highest BCUT2D eigenvalue weighted by molar-refractivity contribution is 6.32. The fraction of sp³-hybridized carbons (Fsp3) is 0.346. The number of hydrogen-bond donors (Lipinski definition) is 2. The normalized spacial score (nSPS) is 17.6. The third kappa shape index (κ3) is 7.35. The molecule has 250 valence electrons. The Labute approximate surface area is 269 Å². The minimum Gasteiger partial charge on any atom is -0.465 e. The number of likely N-dealkylation sites (tertiary alicyclic amines) is 1. The summed E-state index contributed by atoms with van der Waals surface area (Å²) in [6.07, 6.45) is -10.4. The average Bonchev–Trinajstić information content (AvgIpc) is 3.72. The van der Waals surface area contributed by atoms with Gasteiger partial charge in [-0.3, -0.25) is 14.3 Å². The maximum Gasteiger partial charge on any atom is 0.410 e. The molecule has 2 N–H and O–H groups in total. The van der Waals surface area contributed by atoms with Gasteiger partial charge in [-0.1, -0.05) is 23.2 Å². The number of carboxylic acid groups (broad SMARTS) is 1. The summed E-state index contributed by atoms with van der Waals surface area (Å²) in [5, 5.41) is 19.8. The van der Waals surface area contributed by atoms with E-state index in [2.05, 4.69) is 20.2 Å². The summed E-state index contributed by atoms with van der Waals surface area (Å²) in [5.41, 5.74) is -0.937. The van der Waals surface area contributed by atoms with Crippen molar-refractivity contribution in [1.29, 1.82) is 0 Å². The Bertz CT molecular complexity index is 1840. The summed E-state index contributed by atoms with van der Waals surface area (Å²) in [6.45, 7) is -2.84. The van der Waals surface area contributed by atoms with Crippen LogP contribution in [-0.4, -0.2) is 87.1 Å². The predicted octanol–water partition coefficient (Wildman–Crippen LogP) is 4.02. The number of alkyl halides is 6. The molecular weight excluding hydrogens is 687 g/mol. The highest BCUT2D eigenvalue weighted by atomic mass is 35.5. The largest absolute Gasteiger partial charge is 0.465 e. The molecule has 1 fully saturated rings. The van der Waals surface area contributed by atoms with E-state index < -0.39 is 74.1 Å². The Kier molecular flexibility index (Phi) is 9.22. The first-order chi connectivity index (χ1) is 22.0. The second-order valence-electron chi connectivity index (χ2n) is 10.3. The molecule has 13 nitrogen and oxygen atoms in total. The maximum atomic E-state index is 14.3. The summed E-state index contributed by atoms with van der Waals surface area (Å²) in [5.74, 6) is -3.95. The van der Waals surface area contributed by atoms with E-state index in [1.165, 1.54) is 41.5 Å². The lowest BCUT2D eigenvalue weighted by Crippen LogP contribution is -2.54. The van der Waals surface area contributed by atoms with Crippen LogP contribution in [0, 0.1) is 5.92 Å². The Morgan fingerprint density at radius 1 is 1.04 bits per heavy atom. The summed E-state index contributed by atoms with van der Waals surface area (Å²) >= 11 is 12.1. The molecular formula is C26H21Cl2F6N9O4. The zero-order valence-electron chi connectivity index (χ0n) is 23.5. The van der Waals surface area contributed by atoms with Crippen LogP contribution in [-0.2, 0) is 17.9 Å². The third-order valence-corrected chi connectivity index (χ3v) is 7.75. The first-order valence-corrected chi connectivity index (χ1v) is 14.2. The van der Waals surface area contributed by atoms with Crippen LogP contribution in [0.3, 0.4) is 0 Å². The third-order valence-electron chi connectivity index (χ3n) is 7.20. The first kappa shape index (κ1) is 33.7. The zero-order chi connectivity index (χ0) is 34.3. The number of nitrogens with zero attached hydrogens (tertiary/aromatic N) is 8. The van der Waals surface area contributed by atoms with E-state index in [-0.39, 0.29) is 38.0 Å².